The maximum absolute atomic E-state index is 5.56. The quantitative estimate of drug-likeness (QED) is 0.683. The lowest BCUT2D eigenvalue weighted by molar-refractivity contribution is 0.164. The van der Waals surface area contributed by atoms with Crippen LogP contribution >= 0.6 is 12.2 Å². The van der Waals surface area contributed by atoms with Gasteiger partial charge in [-0.1, -0.05) is 24.6 Å². The fourth-order valence-electron chi connectivity index (χ4n) is 3.70. The second kappa shape index (κ2) is 9.89. The predicted octanol–water partition coefficient (Wildman–Crippen LogP) is 4.83. The van der Waals surface area contributed by atoms with Gasteiger partial charge in [-0.2, -0.15) is 0 Å². The minimum Gasteiger partial charge on any atom is -0.497 e. The number of nitrogens with zero attached hydrogens (tertiary/aromatic N) is 1. The van der Waals surface area contributed by atoms with Gasteiger partial charge in [-0.05, 0) is 93.0 Å². The fourth-order valence-corrected chi connectivity index (χ4v) is 3.90. The number of rotatable bonds is 6. The number of ether oxygens (including phenoxy) is 1. The Kier molecular flexibility index (Phi) is 7.29. The van der Waals surface area contributed by atoms with Crippen LogP contribution in [0.2, 0.25) is 0 Å². The van der Waals surface area contributed by atoms with Gasteiger partial charge >= 0.3 is 0 Å². The van der Waals surface area contributed by atoms with Gasteiger partial charge in [0, 0.05) is 12.2 Å². The maximum atomic E-state index is 5.56. The molecular formula is C23H31N3OS. The number of hydrogen-bond donors (Lipinski definition) is 2. The first-order valence-corrected chi connectivity index (χ1v) is 10.5. The van der Waals surface area contributed by atoms with Crippen molar-refractivity contribution >= 4 is 23.0 Å². The minimum atomic E-state index is 0.297. The van der Waals surface area contributed by atoms with Crippen molar-refractivity contribution in [3.63, 3.8) is 0 Å². The van der Waals surface area contributed by atoms with E-state index >= 15 is 0 Å². The Morgan fingerprint density at radius 2 is 1.75 bits per heavy atom. The van der Waals surface area contributed by atoms with Crippen LogP contribution in [0.15, 0.2) is 42.5 Å². The van der Waals surface area contributed by atoms with Crippen LogP contribution in [0.3, 0.4) is 0 Å². The number of methoxy groups -OCH3 is 1. The summed E-state index contributed by atoms with van der Waals surface area (Å²) >= 11 is 5.56. The topological polar surface area (TPSA) is 36.5 Å². The van der Waals surface area contributed by atoms with E-state index in [0.717, 1.165) is 31.1 Å². The molecule has 4 nitrogen and oxygen atoms in total. The Bertz CT molecular complexity index is 785. The van der Waals surface area contributed by atoms with Gasteiger partial charge in [0.15, 0.2) is 5.11 Å². The van der Waals surface area contributed by atoms with Crippen molar-refractivity contribution in [1.82, 2.24) is 10.2 Å². The van der Waals surface area contributed by atoms with Crippen molar-refractivity contribution in [2.45, 2.75) is 39.2 Å². The summed E-state index contributed by atoms with van der Waals surface area (Å²) in [6.45, 7) is 7.29. The largest absolute Gasteiger partial charge is 0.497 e. The highest BCUT2D eigenvalue weighted by Crippen LogP contribution is 2.26. The summed E-state index contributed by atoms with van der Waals surface area (Å²) in [4.78, 5) is 2.57. The van der Waals surface area contributed by atoms with E-state index in [2.05, 4.69) is 59.7 Å². The smallest absolute Gasteiger partial charge is 0.170 e. The Morgan fingerprint density at radius 3 is 2.39 bits per heavy atom. The van der Waals surface area contributed by atoms with Crippen molar-refractivity contribution in [1.29, 1.82) is 0 Å². The number of nitrogens with one attached hydrogen (secondary N) is 2. The summed E-state index contributed by atoms with van der Waals surface area (Å²) in [5.74, 6) is 0.890. The molecule has 0 bridgehead atoms. The molecule has 0 aromatic heterocycles. The van der Waals surface area contributed by atoms with Crippen molar-refractivity contribution < 1.29 is 4.74 Å². The highest BCUT2D eigenvalue weighted by Gasteiger charge is 2.22. The summed E-state index contributed by atoms with van der Waals surface area (Å²) in [5, 5.41) is 7.42. The Balaban J connectivity index is 1.66. The number of benzene rings is 2. The van der Waals surface area contributed by atoms with Crippen LogP contribution in [0.5, 0.6) is 5.75 Å². The van der Waals surface area contributed by atoms with Gasteiger partial charge in [0.1, 0.15) is 5.75 Å². The molecular weight excluding hydrogens is 366 g/mol. The molecule has 2 N–H and O–H groups in total. The van der Waals surface area contributed by atoms with E-state index in [4.69, 9.17) is 17.0 Å². The molecule has 0 spiro atoms. The van der Waals surface area contributed by atoms with E-state index in [1.165, 1.54) is 36.0 Å². The zero-order chi connectivity index (χ0) is 19.9. The molecule has 1 atom stereocenters. The van der Waals surface area contributed by atoms with Gasteiger partial charge < -0.3 is 15.4 Å². The molecule has 0 aliphatic carbocycles. The third-order valence-corrected chi connectivity index (χ3v) is 5.80. The third-order valence-electron chi connectivity index (χ3n) is 5.55. The van der Waals surface area contributed by atoms with Crippen molar-refractivity contribution in [2.75, 3.05) is 32.1 Å². The zero-order valence-electron chi connectivity index (χ0n) is 17.1. The SMILES string of the molecule is COc1ccc([C@@H](CNC(=S)Nc2ccc(C)c(C)c2)N2CCCCC2)cc1. The van der Waals surface area contributed by atoms with Crippen molar-refractivity contribution in [3.8, 4) is 5.75 Å². The summed E-state index contributed by atoms with van der Waals surface area (Å²) in [6.07, 6.45) is 3.85. The molecule has 2 aromatic carbocycles. The van der Waals surface area contributed by atoms with Gasteiger partial charge in [-0.25, -0.2) is 0 Å². The van der Waals surface area contributed by atoms with Gasteiger partial charge in [-0.3, -0.25) is 4.90 Å². The number of piperidine rings is 1. The molecule has 0 amide bonds. The van der Waals surface area contributed by atoms with Crippen LogP contribution in [-0.2, 0) is 0 Å². The molecule has 5 heteroatoms. The third kappa shape index (κ3) is 5.46. The molecule has 3 rings (SSSR count). The molecule has 1 aliphatic rings. The second-order valence-corrected chi connectivity index (χ2v) is 7.93. The number of likely N-dealkylation sites (tertiary alicyclic amines) is 1. The predicted molar refractivity (Wildman–Crippen MR) is 121 cm³/mol. The summed E-state index contributed by atoms with van der Waals surface area (Å²) in [7, 11) is 1.70. The maximum Gasteiger partial charge on any atom is 0.170 e. The Morgan fingerprint density at radius 1 is 1.04 bits per heavy atom. The molecule has 1 saturated heterocycles. The number of anilines is 1. The van der Waals surface area contributed by atoms with Crippen LogP contribution in [0, 0.1) is 13.8 Å². The fraction of sp³-hybridized carbons (Fsp3) is 0.435. The van der Waals surface area contributed by atoms with Crippen LogP contribution < -0.4 is 15.4 Å². The number of thiocarbonyl (C=S) groups is 1. The van der Waals surface area contributed by atoms with Gasteiger partial charge in [0.2, 0.25) is 0 Å². The molecule has 0 unspecified atom stereocenters. The minimum absolute atomic E-state index is 0.297. The van der Waals surface area contributed by atoms with E-state index in [9.17, 15) is 0 Å². The number of hydrogen-bond acceptors (Lipinski definition) is 3. The van der Waals surface area contributed by atoms with Crippen LogP contribution in [0.25, 0.3) is 0 Å². The highest BCUT2D eigenvalue weighted by atomic mass is 32.1. The first-order valence-electron chi connectivity index (χ1n) is 10.1. The first kappa shape index (κ1) is 20.6. The standard InChI is InChI=1S/C23H31N3OS/c1-17-7-10-20(15-18(17)2)25-23(28)24-16-22(26-13-5-4-6-14-26)19-8-11-21(27-3)12-9-19/h7-12,15,22H,4-6,13-14,16H2,1-3H3,(H2,24,25,28)/t22-/m1/s1. The Labute approximate surface area is 174 Å². The molecule has 2 aromatic rings. The zero-order valence-corrected chi connectivity index (χ0v) is 17.9. The lowest BCUT2D eigenvalue weighted by Gasteiger charge is -2.35. The normalized spacial score (nSPS) is 15.7. The molecule has 28 heavy (non-hydrogen) atoms. The number of aryl methyl sites for hydroxylation is 2. The summed E-state index contributed by atoms with van der Waals surface area (Å²) in [6, 6.07) is 15.0. The van der Waals surface area contributed by atoms with E-state index in [0.29, 0.717) is 11.2 Å². The second-order valence-electron chi connectivity index (χ2n) is 7.52. The molecule has 150 valence electrons. The van der Waals surface area contributed by atoms with Crippen LogP contribution in [-0.4, -0.2) is 36.8 Å². The van der Waals surface area contributed by atoms with Gasteiger partial charge in [0.25, 0.3) is 0 Å². The Hall–Kier alpha value is -2.11. The molecule has 1 aliphatic heterocycles. The summed E-state index contributed by atoms with van der Waals surface area (Å²) < 4.78 is 5.32. The molecule has 0 saturated carbocycles. The van der Waals surface area contributed by atoms with E-state index < -0.39 is 0 Å². The average Bonchev–Trinajstić information content (AvgIpc) is 2.72. The van der Waals surface area contributed by atoms with Gasteiger partial charge in [-0.15, -0.1) is 0 Å². The van der Waals surface area contributed by atoms with Crippen molar-refractivity contribution in [2.24, 2.45) is 0 Å². The highest BCUT2D eigenvalue weighted by molar-refractivity contribution is 7.80. The lowest BCUT2D eigenvalue weighted by Crippen LogP contribution is -2.41. The van der Waals surface area contributed by atoms with E-state index in [-0.39, 0.29) is 0 Å². The van der Waals surface area contributed by atoms with Crippen LogP contribution in [0.4, 0.5) is 5.69 Å². The first-order chi connectivity index (χ1) is 13.6. The summed E-state index contributed by atoms with van der Waals surface area (Å²) in [5.41, 5.74) is 4.87. The molecule has 0 radical (unpaired) electrons. The van der Waals surface area contributed by atoms with Gasteiger partial charge in [0.05, 0.1) is 13.2 Å². The lowest BCUT2D eigenvalue weighted by atomic mass is 10.0. The monoisotopic (exact) mass is 397 g/mol. The molecule has 1 heterocycles. The van der Waals surface area contributed by atoms with E-state index in [1.54, 1.807) is 7.11 Å². The van der Waals surface area contributed by atoms with E-state index in [1.807, 2.05) is 12.1 Å². The van der Waals surface area contributed by atoms with Crippen molar-refractivity contribution in [3.05, 3.63) is 59.2 Å². The van der Waals surface area contributed by atoms with Crippen LogP contribution in [0.1, 0.15) is 42.0 Å². The average molecular weight is 398 g/mol. The molecule has 1 fully saturated rings.